The predicted octanol–water partition coefficient (Wildman–Crippen LogP) is 2.48. The number of rotatable bonds is 11. The van der Waals surface area contributed by atoms with Crippen LogP contribution in [0.2, 0.25) is 0 Å². The minimum atomic E-state index is -0.814. The Morgan fingerprint density at radius 1 is 1.07 bits per heavy atom. The van der Waals surface area contributed by atoms with Gasteiger partial charge in [-0.05, 0) is 31.2 Å². The van der Waals surface area contributed by atoms with Crippen molar-refractivity contribution in [1.82, 2.24) is 9.80 Å². The number of nitrogens with zero attached hydrogens (tertiary/aromatic N) is 2. The van der Waals surface area contributed by atoms with Crippen LogP contribution >= 0.6 is 0 Å². The number of hydrogen-bond acceptors (Lipinski definition) is 6. The van der Waals surface area contributed by atoms with E-state index in [2.05, 4.69) is 9.80 Å². The van der Waals surface area contributed by atoms with Gasteiger partial charge in [0, 0.05) is 51.3 Å². The lowest BCUT2D eigenvalue weighted by Crippen LogP contribution is -2.46. The maximum Gasteiger partial charge on any atom is 0.303 e. The van der Waals surface area contributed by atoms with Crippen molar-refractivity contribution in [2.45, 2.75) is 32.2 Å². The minimum absolute atomic E-state index is 0.0879. The van der Waals surface area contributed by atoms with Crippen LogP contribution in [0.15, 0.2) is 12.1 Å². The highest BCUT2D eigenvalue weighted by atomic mass is 16.5. The maximum atomic E-state index is 10.8. The van der Waals surface area contributed by atoms with Crippen molar-refractivity contribution in [2.24, 2.45) is 5.92 Å². The fourth-order valence-electron chi connectivity index (χ4n) is 3.66. The van der Waals surface area contributed by atoms with Crippen molar-refractivity contribution in [1.29, 1.82) is 0 Å². The number of piperazine rings is 1. The standard InChI is InChI=1S/C21H32N2O5/c1-26-18-8-7-17(20(21(18)27-2)28-13-3-4-19(24)25)15-23-11-9-22(10-12-23)14-16-5-6-16/h7-8,16H,3-6,9-15H2,1-2H3,(H,24,25). The number of ether oxygens (including phenoxy) is 3. The van der Waals surface area contributed by atoms with E-state index in [9.17, 15) is 4.79 Å². The lowest BCUT2D eigenvalue weighted by atomic mass is 10.1. The van der Waals surface area contributed by atoms with E-state index in [-0.39, 0.29) is 6.42 Å². The fraction of sp³-hybridized carbons (Fsp3) is 0.667. The Morgan fingerprint density at radius 2 is 1.79 bits per heavy atom. The van der Waals surface area contributed by atoms with Gasteiger partial charge in [-0.15, -0.1) is 0 Å². The lowest BCUT2D eigenvalue weighted by Gasteiger charge is -2.35. The van der Waals surface area contributed by atoms with Crippen molar-refractivity contribution in [3.05, 3.63) is 17.7 Å². The van der Waals surface area contributed by atoms with E-state index < -0.39 is 5.97 Å². The van der Waals surface area contributed by atoms with Gasteiger partial charge in [0.2, 0.25) is 5.75 Å². The van der Waals surface area contributed by atoms with Gasteiger partial charge >= 0.3 is 5.97 Å². The smallest absolute Gasteiger partial charge is 0.303 e. The summed E-state index contributed by atoms with van der Waals surface area (Å²) in [7, 11) is 3.20. The summed E-state index contributed by atoms with van der Waals surface area (Å²) < 4.78 is 16.9. The SMILES string of the molecule is COc1ccc(CN2CCN(CC3CC3)CC2)c(OCCCC(=O)O)c1OC. The number of carboxylic acid groups (broad SMARTS) is 1. The highest BCUT2D eigenvalue weighted by molar-refractivity contribution is 5.66. The summed E-state index contributed by atoms with van der Waals surface area (Å²) in [5.41, 5.74) is 1.05. The topological polar surface area (TPSA) is 71.5 Å². The Labute approximate surface area is 167 Å². The Hall–Kier alpha value is -1.99. The van der Waals surface area contributed by atoms with Crippen LogP contribution < -0.4 is 14.2 Å². The van der Waals surface area contributed by atoms with Crippen molar-refractivity contribution < 1.29 is 24.1 Å². The molecule has 1 heterocycles. The van der Waals surface area contributed by atoms with Gasteiger partial charge in [-0.1, -0.05) is 6.07 Å². The molecule has 1 saturated carbocycles. The molecule has 1 aliphatic carbocycles. The molecule has 2 fully saturated rings. The quantitative estimate of drug-likeness (QED) is 0.580. The Bertz CT molecular complexity index is 654. The van der Waals surface area contributed by atoms with Crippen LogP contribution in [0.25, 0.3) is 0 Å². The molecule has 2 aliphatic rings. The molecule has 28 heavy (non-hydrogen) atoms. The average molecular weight is 392 g/mol. The van der Waals surface area contributed by atoms with Crippen molar-refractivity contribution in [3.63, 3.8) is 0 Å². The third kappa shape index (κ3) is 5.75. The molecule has 7 nitrogen and oxygen atoms in total. The van der Waals surface area contributed by atoms with Crippen LogP contribution in [0.1, 0.15) is 31.2 Å². The summed E-state index contributed by atoms with van der Waals surface area (Å²) in [6.45, 7) is 6.67. The number of hydrogen-bond donors (Lipinski definition) is 1. The summed E-state index contributed by atoms with van der Waals surface area (Å²) in [6.07, 6.45) is 3.34. The lowest BCUT2D eigenvalue weighted by molar-refractivity contribution is -0.137. The van der Waals surface area contributed by atoms with E-state index in [1.165, 1.54) is 19.4 Å². The summed E-state index contributed by atoms with van der Waals surface area (Å²) >= 11 is 0. The van der Waals surface area contributed by atoms with Crippen LogP contribution in [0, 0.1) is 5.92 Å². The van der Waals surface area contributed by atoms with E-state index >= 15 is 0 Å². The predicted molar refractivity (Wildman–Crippen MR) is 106 cm³/mol. The molecule has 0 atom stereocenters. The third-order valence-electron chi connectivity index (χ3n) is 5.44. The molecule has 0 unspecified atom stereocenters. The van der Waals surface area contributed by atoms with Gasteiger partial charge in [0.05, 0.1) is 20.8 Å². The zero-order chi connectivity index (χ0) is 19.9. The number of methoxy groups -OCH3 is 2. The molecular weight excluding hydrogens is 360 g/mol. The van der Waals surface area contributed by atoms with Gasteiger partial charge in [-0.2, -0.15) is 0 Å². The molecule has 7 heteroatoms. The highest BCUT2D eigenvalue weighted by Crippen LogP contribution is 2.40. The van der Waals surface area contributed by atoms with Gasteiger partial charge in [0.25, 0.3) is 0 Å². The summed E-state index contributed by atoms with van der Waals surface area (Å²) in [6, 6.07) is 3.92. The number of carboxylic acids is 1. The van der Waals surface area contributed by atoms with E-state index in [4.69, 9.17) is 19.3 Å². The normalized spacial score (nSPS) is 18.1. The van der Waals surface area contributed by atoms with Gasteiger partial charge in [0.1, 0.15) is 0 Å². The van der Waals surface area contributed by atoms with E-state index in [1.807, 2.05) is 12.1 Å². The van der Waals surface area contributed by atoms with Gasteiger partial charge < -0.3 is 24.2 Å². The first-order valence-electron chi connectivity index (χ1n) is 10.1. The molecule has 1 aromatic rings. The summed E-state index contributed by atoms with van der Waals surface area (Å²) in [4.78, 5) is 15.8. The summed E-state index contributed by atoms with van der Waals surface area (Å²) in [5, 5.41) is 8.83. The van der Waals surface area contributed by atoms with E-state index in [1.54, 1.807) is 14.2 Å². The van der Waals surface area contributed by atoms with Gasteiger partial charge in [-0.25, -0.2) is 0 Å². The molecule has 1 saturated heterocycles. The molecule has 0 bridgehead atoms. The molecule has 1 N–H and O–H groups in total. The second-order valence-electron chi connectivity index (χ2n) is 7.66. The van der Waals surface area contributed by atoms with E-state index in [0.29, 0.717) is 30.3 Å². The molecule has 0 spiro atoms. The maximum absolute atomic E-state index is 10.8. The Morgan fingerprint density at radius 3 is 2.39 bits per heavy atom. The van der Waals surface area contributed by atoms with Crippen LogP contribution in [0.4, 0.5) is 0 Å². The first-order chi connectivity index (χ1) is 13.6. The van der Waals surface area contributed by atoms with Crippen LogP contribution in [-0.2, 0) is 11.3 Å². The molecular formula is C21H32N2O5. The Kier molecular flexibility index (Phi) is 7.39. The van der Waals surface area contributed by atoms with Gasteiger partial charge in [-0.3, -0.25) is 9.69 Å². The monoisotopic (exact) mass is 392 g/mol. The molecule has 1 aliphatic heterocycles. The molecule has 156 valence electrons. The largest absolute Gasteiger partial charge is 0.493 e. The third-order valence-corrected chi connectivity index (χ3v) is 5.44. The van der Waals surface area contributed by atoms with Crippen LogP contribution in [0.3, 0.4) is 0 Å². The minimum Gasteiger partial charge on any atom is -0.493 e. The molecule has 0 amide bonds. The van der Waals surface area contributed by atoms with Gasteiger partial charge in [0.15, 0.2) is 11.5 Å². The molecule has 0 aromatic heterocycles. The van der Waals surface area contributed by atoms with Crippen LogP contribution in [-0.4, -0.2) is 74.4 Å². The Balaban J connectivity index is 1.63. The molecule has 3 rings (SSSR count). The second kappa shape index (κ2) is 9.98. The second-order valence-corrected chi connectivity index (χ2v) is 7.66. The molecule has 1 aromatic carbocycles. The zero-order valence-electron chi connectivity index (χ0n) is 17.0. The zero-order valence-corrected chi connectivity index (χ0v) is 17.0. The van der Waals surface area contributed by atoms with Crippen molar-refractivity contribution >= 4 is 5.97 Å². The number of aliphatic carboxylic acids is 1. The van der Waals surface area contributed by atoms with Crippen molar-refractivity contribution in [3.8, 4) is 17.2 Å². The first-order valence-corrected chi connectivity index (χ1v) is 10.1. The van der Waals surface area contributed by atoms with E-state index in [0.717, 1.165) is 44.2 Å². The highest BCUT2D eigenvalue weighted by Gasteiger charge is 2.27. The summed E-state index contributed by atoms with van der Waals surface area (Å²) in [5.74, 6) is 1.97. The molecule has 0 radical (unpaired) electrons. The first kappa shape index (κ1) is 20.7. The average Bonchev–Trinajstić information content (AvgIpc) is 3.51. The van der Waals surface area contributed by atoms with Crippen LogP contribution in [0.5, 0.6) is 17.2 Å². The fourth-order valence-corrected chi connectivity index (χ4v) is 3.66. The van der Waals surface area contributed by atoms with Crippen molar-refractivity contribution in [2.75, 3.05) is 53.6 Å². The number of benzene rings is 1. The number of carbonyl (C=O) groups is 1.